The lowest BCUT2D eigenvalue weighted by molar-refractivity contribution is 0.102. The van der Waals surface area contributed by atoms with Crippen molar-refractivity contribution in [2.75, 3.05) is 17.7 Å². The highest BCUT2D eigenvalue weighted by Gasteiger charge is 2.10. The number of nitrogens with zero attached hydrogens (tertiary/aromatic N) is 1. The van der Waals surface area contributed by atoms with Gasteiger partial charge in [0.2, 0.25) is 0 Å². The zero-order valence-electron chi connectivity index (χ0n) is 11.0. The minimum absolute atomic E-state index is 0.199. The molecule has 1 aromatic heterocycles. The minimum Gasteiger partial charge on any atom is -0.373 e. The van der Waals surface area contributed by atoms with Crippen LogP contribution in [0.1, 0.15) is 16.1 Å². The summed E-state index contributed by atoms with van der Waals surface area (Å²) in [4.78, 5) is 16.5. The van der Waals surface area contributed by atoms with E-state index in [1.807, 2.05) is 6.92 Å². The topological polar surface area (TPSA) is 54.0 Å². The van der Waals surface area contributed by atoms with Crippen LogP contribution in [-0.4, -0.2) is 17.9 Å². The molecule has 1 aromatic carbocycles. The molecule has 1 heterocycles. The lowest BCUT2D eigenvalue weighted by Crippen LogP contribution is -2.13. The number of carbonyl (C=O) groups is 1. The molecule has 0 radical (unpaired) electrons. The van der Waals surface area contributed by atoms with E-state index < -0.39 is 0 Å². The van der Waals surface area contributed by atoms with Gasteiger partial charge in [0.25, 0.3) is 5.91 Å². The number of benzene rings is 1. The summed E-state index contributed by atoms with van der Waals surface area (Å²) in [7, 11) is 1.76. The fourth-order valence-electron chi connectivity index (χ4n) is 1.71. The van der Waals surface area contributed by atoms with Crippen LogP contribution in [0.4, 0.5) is 11.5 Å². The Bertz CT molecular complexity index is 661. The second kappa shape index (κ2) is 6.24. The molecule has 2 aromatic rings. The summed E-state index contributed by atoms with van der Waals surface area (Å²) < 4.78 is 0.734. The molecule has 0 aliphatic heterocycles. The van der Waals surface area contributed by atoms with Gasteiger partial charge in [-0.15, -0.1) is 0 Å². The van der Waals surface area contributed by atoms with Crippen molar-refractivity contribution in [2.45, 2.75) is 6.92 Å². The molecule has 0 atom stereocenters. The summed E-state index contributed by atoms with van der Waals surface area (Å²) in [5.41, 5.74) is 1.99. The number of carbonyl (C=O) groups excluding carboxylic acids is 1. The zero-order chi connectivity index (χ0) is 14.7. The second-order valence-electron chi connectivity index (χ2n) is 4.21. The molecule has 0 saturated carbocycles. The smallest absolute Gasteiger partial charge is 0.255 e. The first kappa shape index (κ1) is 14.8. The highest BCUT2D eigenvalue weighted by atomic mass is 79.9. The average Bonchev–Trinajstić information content (AvgIpc) is 2.41. The molecule has 0 bridgehead atoms. The van der Waals surface area contributed by atoms with Gasteiger partial charge in [-0.3, -0.25) is 4.79 Å². The predicted molar refractivity (Wildman–Crippen MR) is 85.6 cm³/mol. The number of rotatable bonds is 3. The number of halogens is 2. The van der Waals surface area contributed by atoms with Gasteiger partial charge in [0.05, 0.1) is 5.69 Å². The maximum absolute atomic E-state index is 12.3. The molecule has 1 amide bonds. The molecular weight excluding hydrogens is 342 g/mol. The van der Waals surface area contributed by atoms with Crippen molar-refractivity contribution in [3.63, 3.8) is 0 Å². The first-order valence-corrected chi connectivity index (χ1v) is 7.09. The summed E-state index contributed by atoms with van der Waals surface area (Å²) in [6, 6.07) is 8.64. The molecule has 6 heteroatoms. The van der Waals surface area contributed by atoms with E-state index in [0.29, 0.717) is 22.1 Å². The van der Waals surface area contributed by atoms with E-state index in [4.69, 9.17) is 11.6 Å². The number of hydrogen-bond donors (Lipinski definition) is 2. The fourth-order valence-corrected chi connectivity index (χ4v) is 2.49. The zero-order valence-corrected chi connectivity index (χ0v) is 13.3. The largest absolute Gasteiger partial charge is 0.373 e. The van der Waals surface area contributed by atoms with Gasteiger partial charge < -0.3 is 10.6 Å². The summed E-state index contributed by atoms with van der Waals surface area (Å²) in [5, 5.41) is 6.36. The Labute approximate surface area is 130 Å². The van der Waals surface area contributed by atoms with Gasteiger partial charge in [-0.1, -0.05) is 11.6 Å². The lowest BCUT2D eigenvalue weighted by atomic mass is 10.2. The van der Waals surface area contributed by atoms with Crippen molar-refractivity contribution in [3.05, 3.63) is 51.1 Å². The number of pyridine rings is 1. The van der Waals surface area contributed by atoms with E-state index in [2.05, 4.69) is 31.5 Å². The molecule has 0 saturated heterocycles. The Morgan fingerprint density at radius 3 is 2.70 bits per heavy atom. The number of amides is 1. The standard InChI is InChI=1S/C14H13BrClN3O/c1-8-5-9(6-13(17-2)18-8)14(20)19-12-4-3-10(16)7-11(12)15/h3-7H,1-2H3,(H,17,18)(H,19,20). The first-order valence-electron chi connectivity index (χ1n) is 5.92. The minimum atomic E-state index is -0.199. The van der Waals surface area contributed by atoms with Crippen LogP contribution in [0.5, 0.6) is 0 Å². The highest BCUT2D eigenvalue weighted by Crippen LogP contribution is 2.26. The molecule has 0 aliphatic rings. The summed E-state index contributed by atoms with van der Waals surface area (Å²) in [6.07, 6.45) is 0. The monoisotopic (exact) mass is 353 g/mol. The van der Waals surface area contributed by atoms with Gasteiger partial charge in [0, 0.05) is 27.8 Å². The third kappa shape index (κ3) is 3.49. The van der Waals surface area contributed by atoms with Crippen molar-refractivity contribution in [1.29, 1.82) is 0 Å². The molecule has 2 rings (SSSR count). The first-order chi connectivity index (χ1) is 9.49. The van der Waals surface area contributed by atoms with E-state index in [1.165, 1.54) is 0 Å². The third-order valence-corrected chi connectivity index (χ3v) is 3.54. The summed E-state index contributed by atoms with van der Waals surface area (Å²) in [6.45, 7) is 1.84. The van der Waals surface area contributed by atoms with Crippen molar-refractivity contribution < 1.29 is 4.79 Å². The van der Waals surface area contributed by atoms with Crippen molar-refractivity contribution in [1.82, 2.24) is 4.98 Å². The van der Waals surface area contributed by atoms with Gasteiger partial charge >= 0.3 is 0 Å². The Morgan fingerprint density at radius 1 is 1.30 bits per heavy atom. The number of aryl methyl sites for hydroxylation is 1. The number of hydrogen-bond acceptors (Lipinski definition) is 3. The van der Waals surface area contributed by atoms with E-state index in [0.717, 1.165) is 10.2 Å². The molecule has 0 unspecified atom stereocenters. The van der Waals surface area contributed by atoms with E-state index in [1.54, 1.807) is 37.4 Å². The highest BCUT2D eigenvalue weighted by molar-refractivity contribution is 9.10. The van der Waals surface area contributed by atoms with Crippen LogP contribution < -0.4 is 10.6 Å². The fraction of sp³-hybridized carbons (Fsp3) is 0.143. The van der Waals surface area contributed by atoms with E-state index in [9.17, 15) is 4.79 Å². The SMILES string of the molecule is CNc1cc(C(=O)Nc2ccc(Cl)cc2Br)cc(C)n1. The Kier molecular flexibility index (Phi) is 4.62. The molecule has 0 aliphatic carbocycles. The van der Waals surface area contributed by atoms with Crippen LogP contribution >= 0.6 is 27.5 Å². The molecule has 2 N–H and O–H groups in total. The summed E-state index contributed by atoms with van der Waals surface area (Å²) in [5.74, 6) is 0.459. The average molecular weight is 355 g/mol. The van der Waals surface area contributed by atoms with Gasteiger partial charge in [-0.25, -0.2) is 4.98 Å². The van der Waals surface area contributed by atoms with Gasteiger partial charge in [-0.05, 0) is 53.2 Å². The van der Waals surface area contributed by atoms with Crippen molar-refractivity contribution in [2.24, 2.45) is 0 Å². The van der Waals surface area contributed by atoms with Crippen molar-refractivity contribution in [3.8, 4) is 0 Å². The second-order valence-corrected chi connectivity index (χ2v) is 5.50. The van der Waals surface area contributed by atoms with Crippen molar-refractivity contribution >= 4 is 44.9 Å². The molecule has 20 heavy (non-hydrogen) atoms. The number of anilines is 2. The predicted octanol–water partition coefficient (Wildman–Crippen LogP) is 4.10. The van der Waals surface area contributed by atoms with Crippen LogP contribution in [0.2, 0.25) is 5.02 Å². The van der Waals surface area contributed by atoms with E-state index in [-0.39, 0.29) is 5.91 Å². The van der Waals surface area contributed by atoms with Gasteiger partial charge in [0.1, 0.15) is 5.82 Å². The van der Waals surface area contributed by atoms with Crippen LogP contribution in [0.25, 0.3) is 0 Å². The number of aromatic nitrogens is 1. The van der Waals surface area contributed by atoms with Crippen LogP contribution in [-0.2, 0) is 0 Å². The van der Waals surface area contributed by atoms with E-state index >= 15 is 0 Å². The third-order valence-electron chi connectivity index (χ3n) is 2.65. The molecular formula is C14H13BrClN3O. The molecule has 0 fully saturated rings. The maximum atomic E-state index is 12.3. The Morgan fingerprint density at radius 2 is 2.05 bits per heavy atom. The van der Waals surface area contributed by atoms with Crippen LogP contribution in [0.15, 0.2) is 34.8 Å². The maximum Gasteiger partial charge on any atom is 0.255 e. The molecule has 104 valence electrons. The molecule has 4 nitrogen and oxygen atoms in total. The quantitative estimate of drug-likeness (QED) is 0.872. The van der Waals surface area contributed by atoms with Crippen LogP contribution in [0.3, 0.4) is 0 Å². The van der Waals surface area contributed by atoms with Gasteiger partial charge in [-0.2, -0.15) is 0 Å². The van der Waals surface area contributed by atoms with Gasteiger partial charge in [0.15, 0.2) is 0 Å². The Balaban J connectivity index is 2.26. The summed E-state index contributed by atoms with van der Waals surface area (Å²) >= 11 is 9.24. The normalized spacial score (nSPS) is 10.2. The lowest BCUT2D eigenvalue weighted by Gasteiger charge is -2.09. The molecule has 0 spiro atoms. The van der Waals surface area contributed by atoms with Crippen LogP contribution in [0, 0.1) is 6.92 Å². The number of nitrogens with one attached hydrogen (secondary N) is 2. The Hall–Kier alpha value is -1.59.